The van der Waals surface area contributed by atoms with Crippen LogP contribution in [0.15, 0.2) is 0 Å². The van der Waals surface area contributed by atoms with Crippen molar-refractivity contribution in [3.63, 3.8) is 0 Å². The molecule has 0 atom stereocenters. The van der Waals surface area contributed by atoms with E-state index in [-0.39, 0.29) is 0 Å². The van der Waals surface area contributed by atoms with E-state index in [2.05, 4.69) is 25.2 Å². The maximum Gasteiger partial charge on any atom is 0.0437 e. The van der Waals surface area contributed by atoms with E-state index >= 15 is 0 Å². The third-order valence-electron chi connectivity index (χ3n) is 1.14. The quantitative estimate of drug-likeness (QED) is 0.535. The zero-order valence-corrected chi connectivity index (χ0v) is 9.74. The van der Waals surface area contributed by atoms with Gasteiger partial charge in [-0.05, 0) is 13.8 Å². The van der Waals surface area contributed by atoms with Gasteiger partial charge >= 0.3 is 49.5 Å². The molecular weight excluding hydrogens is 225 g/mol. The molecule has 0 radical (unpaired) electrons. The van der Waals surface area contributed by atoms with Crippen molar-refractivity contribution < 1.29 is 23.0 Å². The summed E-state index contributed by atoms with van der Waals surface area (Å²) >= 11 is 2.65. The number of hydrogen-bond donors (Lipinski definition) is 0. The molecule has 0 aromatic heterocycles. The fraction of sp³-hybridized carbons (Fsp3) is 1.00. The first-order valence-electron chi connectivity index (χ1n) is 4.45. The van der Waals surface area contributed by atoms with Gasteiger partial charge in [0.25, 0.3) is 0 Å². The predicted octanol–water partition coefficient (Wildman–Crippen LogP) is 3.18. The van der Waals surface area contributed by atoms with Gasteiger partial charge in [0, 0.05) is 13.2 Å². The topological polar surface area (TPSA) is 9.23 Å². The minimum absolute atomic E-state index is 0.844. The maximum absolute atomic E-state index is 4.83. The van der Waals surface area contributed by atoms with Gasteiger partial charge < -0.3 is 4.74 Å². The van der Waals surface area contributed by atoms with Crippen LogP contribution in [-0.2, 0) is 23.0 Å². The van der Waals surface area contributed by atoms with Gasteiger partial charge in [0.1, 0.15) is 0 Å². The van der Waals surface area contributed by atoms with Crippen LogP contribution in [0.1, 0.15) is 40.0 Å². The molecule has 0 saturated heterocycles. The summed E-state index contributed by atoms with van der Waals surface area (Å²) in [6.45, 7) is 7.89. The molecule has 71 valence electrons. The maximum atomic E-state index is 4.83. The van der Waals surface area contributed by atoms with Crippen molar-refractivity contribution in [3.05, 3.63) is 0 Å². The van der Waals surface area contributed by atoms with E-state index in [0.29, 0.717) is 0 Å². The third kappa shape index (κ3) is 25.0. The Balaban J connectivity index is 0. The average Bonchev–Trinajstić information content (AvgIpc) is 2.04. The van der Waals surface area contributed by atoms with Gasteiger partial charge in [0.15, 0.2) is 0 Å². The van der Waals surface area contributed by atoms with Crippen LogP contribution in [0.4, 0.5) is 0 Å². The zero-order valence-electron chi connectivity index (χ0n) is 8.00. The largest absolute Gasteiger partial charge is 0.382 e. The number of unbranched alkanes of at least 4 members (excludes halogenated alkanes) is 2. The fourth-order valence-electron chi connectivity index (χ4n) is 0.543. The minimum Gasteiger partial charge on any atom is -0.382 e. The summed E-state index contributed by atoms with van der Waals surface area (Å²) < 4.78 is 4.83. The van der Waals surface area contributed by atoms with Gasteiger partial charge in [-0.25, -0.2) is 0 Å². The van der Waals surface area contributed by atoms with Gasteiger partial charge in [-0.1, -0.05) is 0 Å². The molecule has 0 rings (SSSR count). The minimum atomic E-state index is 0.844. The van der Waals surface area contributed by atoms with Crippen LogP contribution in [0.2, 0.25) is 5.02 Å². The smallest absolute Gasteiger partial charge is 0.0437 e. The molecular formula is C9H21ORu. The molecule has 0 aromatic carbocycles. The molecule has 0 fully saturated rings. The second kappa shape index (κ2) is 16.9. The Morgan fingerprint density at radius 1 is 1.00 bits per heavy atom. The van der Waals surface area contributed by atoms with Crippen molar-refractivity contribution >= 4 is 0 Å². The summed E-state index contributed by atoms with van der Waals surface area (Å²) in [5.41, 5.74) is 0. The summed E-state index contributed by atoms with van der Waals surface area (Å²) in [5.74, 6) is 0. The number of hydrogen-bond acceptors (Lipinski definition) is 1. The molecule has 0 amide bonds. The summed E-state index contributed by atoms with van der Waals surface area (Å²) in [7, 11) is 0. The van der Waals surface area contributed by atoms with Crippen LogP contribution in [0.5, 0.6) is 0 Å². The monoisotopic (exact) mass is 247 g/mol. The molecule has 1 nitrogen and oxygen atoms in total. The second-order valence-corrected chi connectivity index (χ2v) is 3.03. The number of rotatable bonds is 5. The molecule has 11 heavy (non-hydrogen) atoms. The molecule has 0 aliphatic carbocycles. The first-order valence-corrected chi connectivity index (χ1v) is 5.68. The SMILES string of the molecule is CCCC[CH2][Ru].CCOCC. The van der Waals surface area contributed by atoms with Crippen LogP contribution < -0.4 is 0 Å². The standard InChI is InChI=1S/C5H11.C4H10O.Ru/c2*1-3-5-4-2;/h1,3-5H2,2H3;3-4H2,1-2H3;. The fourth-order valence-corrected chi connectivity index (χ4v) is 0.977. The van der Waals surface area contributed by atoms with Gasteiger partial charge in [0.05, 0.1) is 0 Å². The van der Waals surface area contributed by atoms with Crippen LogP contribution in [0.25, 0.3) is 0 Å². The van der Waals surface area contributed by atoms with E-state index in [1.807, 2.05) is 13.8 Å². The van der Waals surface area contributed by atoms with Crippen LogP contribution in [0, 0.1) is 0 Å². The summed E-state index contributed by atoms with van der Waals surface area (Å²) in [6.07, 6.45) is 4.12. The van der Waals surface area contributed by atoms with Crippen LogP contribution >= 0.6 is 0 Å². The molecule has 2 heteroatoms. The van der Waals surface area contributed by atoms with E-state index in [0.717, 1.165) is 13.2 Å². The molecule has 0 heterocycles. The summed E-state index contributed by atoms with van der Waals surface area (Å²) in [4.78, 5) is 0. The second-order valence-electron chi connectivity index (χ2n) is 2.17. The Bertz CT molecular complexity index is 42.8. The van der Waals surface area contributed by atoms with Crippen molar-refractivity contribution in [2.24, 2.45) is 0 Å². The van der Waals surface area contributed by atoms with E-state index in [1.165, 1.54) is 24.3 Å². The molecule has 0 aliphatic rings. The van der Waals surface area contributed by atoms with Gasteiger partial charge in [-0.3, -0.25) is 0 Å². The van der Waals surface area contributed by atoms with Crippen molar-refractivity contribution in [2.75, 3.05) is 13.2 Å². The first-order chi connectivity index (χ1) is 5.33. The van der Waals surface area contributed by atoms with Crippen LogP contribution in [-0.4, -0.2) is 13.2 Å². The molecule has 0 aromatic rings. The normalized spacial score (nSPS) is 8.73. The molecule has 0 N–H and O–H groups in total. The van der Waals surface area contributed by atoms with Crippen molar-refractivity contribution in [2.45, 2.75) is 45.0 Å². The number of ether oxygens (including phenoxy) is 1. The summed E-state index contributed by atoms with van der Waals surface area (Å²) in [5, 5.41) is 1.28. The predicted molar refractivity (Wildman–Crippen MR) is 46.5 cm³/mol. The molecule has 0 spiro atoms. The van der Waals surface area contributed by atoms with Gasteiger partial charge in [-0.15, -0.1) is 0 Å². The van der Waals surface area contributed by atoms with Gasteiger partial charge in [0.2, 0.25) is 0 Å². The molecule has 0 bridgehead atoms. The average molecular weight is 246 g/mol. The van der Waals surface area contributed by atoms with E-state index in [9.17, 15) is 0 Å². The van der Waals surface area contributed by atoms with E-state index in [1.54, 1.807) is 0 Å². The van der Waals surface area contributed by atoms with E-state index < -0.39 is 0 Å². The van der Waals surface area contributed by atoms with Crippen molar-refractivity contribution in [3.8, 4) is 0 Å². The molecule has 0 saturated carbocycles. The molecule has 0 unspecified atom stereocenters. The Morgan fingerprint density at radius 3 is 1.64 bits per heavy atom. The zero-order chi connectivity index (χ0) is 8.95. The first kappa shape index (κ1) is 14.1. The third-order valence-corrected chi connectivity index (χ3v) is 1.75. The van der Waals surface area contributed by atoms with Crippen molar-refractivity contribution in [1.29, 1.82) is 0 Å². The Kier molecular flexibility index (Phi) is 21.7. The van der Waals surface area contributed by atoms with Crippen molar-refractivity contribution in [1.82, 2.24) is 0 Å². The Hall–Kier alpha value is 0.583. The van der Waals surface area contributed by atoms with Crippen LogP contribution in [0.3, 0.4) is 0 Å². The summed E-state index contributed by atoms with van der Waals surface area (Å²) in [6, 6.07) is 0. The Morgan fingerprint density at radius 2 is 1.55 bits per heavy atom. The molecule has 0 aliphatic heterocycles. The Labute approximate surface area is 81.6 Å². The van der Waals surface area contributed by atoms with E-state index in [4.69, 9.17) is 4.74 Å². The van der Waals surface area contributed by atoms with Gasteiger partial charge in [-0.2, -0.15) is 0 Å².